The molecule has 0 radical (unpaired) electrons. The van der Waals surface area contributed by atoms with E-state index in [4.69, 9.17) is 26.8 Å². The van der Waals surface area contributed by atoms with Crippen LogP contribution in [-0.2, 0) is 24.0 Å². The van der Waals surface area contributed by atoms with Crippen LogP contribution in [0, 0.1) is 0 Å². The lowest BCUT2D eigenvalue weighted by Gasteiger charge is -2.23. The Morgan fingerprint density at radius 1 is 0.867 bits per heavy atom. The van der Waals surface area contributed by atoms with Crippen LogP contribution >= 0.6 is 0 Å². The van der Waals surface area contributed by atoms with E-state index in [9.17, 15) is 24.0 Å². The fourth-order valence-corrected chi connectivity index (χ4v) is 2.32. The molecule has 0 aromatic heterocycles. The van der Waals surface area contributed by atoms with E-state index < -0.39 is 66.9 Å². The number of rotatable bonds is 15. The van der Waals surface area contributed by atoms with Gasteiger partial charge in [-0.25, -0.2) is 4.79 Å². The third-order valence-corrected chi connectivity index (χ3v) is 4.14. The van der Waals surface area contributed by atoms with Crippen molar-refractivity contribution in [2.75, 3.05) is 13.2 Å². The normalized spacial score (nSPS) is 14.7. The molecule has 30 heavy (non-hydrogen) atoms. The van der Waals surface area contributed by atoms with Gasteiger partial charge in [0.15, 0.2) is 0 Å². The van der Waals surface area contributed by atoms with E-state index in [2.05, 4.69) is 10.6 Å². The Labute approximate surface area is 173 Å². The summed E-state index contributed by atoms with van der Waals surface area (Å²) in [6.07, 6.45) is 0.895. The van der Waals surface area contributed by atoms with E-state index >= 15 is 0 Å². The fourth-order valence-electron chi connectivity index (χ4n) is 2.32. The number of aliphatic carboxylic acids is 2. The molecule has 172 valence electrons. The number of amides is 3. The van der Waals surface area contributed by atoms with Gasteiger partial charge in [-0.3, -0.25) is 19.2 Å². The molecule has 0 aliphatic carbocycles. The van der Waals surface area contributed by atoms with Gasteiger partial charge in [-0.1, -0.05) is 6.42 Å². The van der Waals surface area contributed by atoms with Crippen molar-refractivity contribution in [3.63, 3.8) is 0 Å². The first-order valence-corrected chi connectivity index (χ1v) is 9.45. The molecule has 0 aliphatic rings. The SMILES string of the molecule is CC(NC(=O)C(N)CCCCN)C(=O)NC(CCC(=O)O)C(=O)NC(CO)C(=O)O. The molecule has 3 amide bonds. The standard InChI is InChI=1S/C17H31N5O8/c1-9(20-15(27)10(19)4-2-3-7-18)14(26)21-11(5-6-13(24)25)16(28)22-12(8-23)17(29)30/h9-12,23H,2-8,18-19H2,1H3,(H,20,27)(H,21,26)(H,22,28)(H,24,25)(H,29,30). The zero-order chi connectivity index (χ0) is 23.3. The summed E-state index contributed by atoms with van der Waals surface area (Å²) in [6.45, 7) is 0.918. The summed E-state index contributed by atoms with van der Waals surface area (Å²) in [5.41, 5.74) is 11.1. The van der Waals surface area contributed by atoms with Crippen LogP contribution in [0.25, 0.3) is 0 Å². The Morgan fingerprint density at radius 2 is 1.47 bits per heavy atom. The second-order valence-electron chi connectivity index (χ2n) is 6.70. The largest absolute Gasteiger partial charge is 0.481 e. The minimum Gasteiger partial charge on any atom is -0.481 e. The predicted molar refractivity (Wildman–Crippen MR) is 104 cm³/mol. The number of nitrogens with one attached hydrogen (secondary N) is 3. The molecular formula is C17H31N5O8. The van der Waals surface area contributed by atoms with Gasteiger partial charge in [0.25, 0.3) is 0 Å². The van der Waals surface area contributed by atoms with Gasteiger partial charge in [0, 0.05) is 6.42 Å². The smallest absolute Gasteiger partial charge is 0.328 e. The first-order valence-electron chi connectivity index (χ1n) is 9.45. The minimum absolute atomic E-state index is 0.329. The molecule has 0 fully saturated rings. The van der Waals surface area contributed by atoms with Crippen LogP contribution in [0.4, 0.5) is 0 Å². The first kappa shape index (κ1) is 27.2. The molecule has 0 saturated heterocycles. The fraction of sp³-hybridized carbons (Fsp3) is 0.706. The van der Waals surface area contributed by atoms with Crippen LogP contribution in [0.1, 0.15) is 39.0 Å². The Morgan fingerprint density at radius 3 is 1.97 bits per heavy atom. The van der Waals surface area contributed by atoms with Gasteiger partial charge >= 0.3 is 11.9 Å². The van der Waals surface area contributed by atoms with E-state index in [1.165, 1.54) is 6.92 Å². The van der Waals surface area contributed by atoms with E-state index in [0.29, 0.717) is 25.8 Å². The molecule has 0 aromatic rings. The molecule has 0 bridgehead atoms. The highest BCUT2D eigenvalue weighted by Crippen LogP contribution is 2.02. The Kier molecular flexibility index (Phi) is 12.9. The van der Waals surface area contributed by atoms with E-state index in [1.54, 1.807) is 0 Å². The summed E-state index contributed by atoms with van der Waals surface area (Å²) >= 11 is 0. The van der Waals surface area contributed by atoms with Crippen LogP contribution in [-0.4, -0.2) is 82.3 Å². The van der Waals surface area contributed by atoms with Crippen molar-refractivity contribution < 1.29 is 39.3 Å². The van der Waals surface area contributed by atoms with Crippen LogP contribution in [0.3, 0.4) is 0 Å². The number of carboxylic acid groups (broad SMARTS) is 2. The first-order chi connectivity index (χ1) is 14.0. The van der Waals surface area contributed by atoms with Gasteiger partial charge in [-0.15, -0.1) is 0 Å². The topological polar surface area (TPSA) is 234 Å². The Balaban J connectivity index is 4.96. The number of hydrogen-bond acceptors (Lipinski definition) is 8. The zero-order valence-electron chi connectivity index (χ0n) is 16.8. The summed E-state index contributed by atoms with van der Waals surface area (Å²) in [5, 5.41) is 33.4. The van der Waals surface area contributed by atoms with Gasteiger partial charge in [0.2, 0.25) is 17.7 Å². The molecule has 0 saturated carbocycles. The summed E-state index contributed by atoms with van der Waals surface area (Å²) in [7, 11) is 0. The number of aliphatic hydroxyl groups is 1. The predicted octanol–water partition coefficient (Wildman–Crippen LogP) is -3.14. The minimum atomic E-state index is -1.62. The number of hydrogen-bond donors (Lipinski definition) is 8. The highest BCUT2D eigenvalue weighted by Gasteiger charge is 2.28. The Bertz CT molecular complexity index is 615. The van der Waals surface area contributed by atoms with Crippen molar-refractivity contribution in [2.24, 2.45) is 11.5 Å². The summed E-state index contributed by atoms with van der Waals surface area (Å²) in [4.78, 5) is 58.4. The van der Waals surface area contributed by atoms with Gasteiger partial charge in [-0.05, 0) is 32.7 Å². The molecule has 0 aromatic carbocycles. The average Bonchev–Trinajstić information content (AvgIpc) is 2.68. The monoisotopic (exact) mass is 433 g/mol. The lowest BCUT2D eigenvalue weighted by molar-refractivity contribution is -0.144. The van der Waals surface area contributed by atoms with Crippen LogP contribution < -0.4 is 27.4 Å². The van der Waals surface area contributed by atoms with Crippen molar-refractivity contribution in [1.29, 1.82) is 0 Å². The van der Waals surface area contributed by atoms with Gasteiger partial charge < -0.3 is 42.7 Å². The zero-order valence-corrected chi connectivity index (χ0v) is 16.8. The lowest BCUT2D eigenvalue weighted by Crippen LogP contribution is -2.56. The van der Waals surface area contributed by atoms with Crippen LogP contribution in [0.15, 0.2) is 0 Å². The molecule has 0 spiro atoms. The maximum Gasteiger partial charge on any atom is 0.328 e. The molecule has 4 unspecified atom stereocenters. The maximum absolute atomic E-state index is 12.3. The molecule has 13 nitrogen and oxygen atoms in total. The van der Waals surface area contributed by atoms with Crippen molar-refractivity contribution in [1.82, 2.24) is 16.0 Å². The summed E-state index contributed by atoms with van der Waals surface area (Å²) in [6, 6.07) is -4.95. The molecule has 4 atom stereocenters. The second kappa shape index (κ2) is 14.3. The highest BCUT2D eigenvalue weighted by molar-refractivity contribution is 5.94. The number of unbranched alkanes of at least 4 members (excludes halogenated alkanes) is 1. The van der Waals surface area contributed by atoms with Gasteiger partial charge in [-0.2, -0.15) is 0 Å². The molecule has 10 N–H and O–H groups in total. The van der Waals surface area contributed by atoms with Crippen molar-refractivity contribution >= 4 is 29.7 Å². The van der Waals surface area contributed by atoms with Gasteiger partial charge in [0.1, 0.15) is 18.1 Å². The average molecular weight is 433 g/mol. The summed E-state index contributed by atoms with van der Waals surface area (Å²) in [5.74, 6) is -5.09. The third kappa shape index (κ3) is 10.7. The molecule has 0 rings (SSSR count). The van der Waals surface area contributed by atoms with E-state index in [0.717, 1.165) is 0 Å². The number of nitrogens with two attached hydrogens (primary N) is 2. The quantitative estimate of drug-likeness (QED) is 0.121. The highest BCUT2D eigenvalue weighted by atomic mass is 16.4. The molecule has 13 heteroatoms. The second-order valence-corrected chi connectivity index (χ2v) is 6.70. The van der Waals surface area contributed by atoms with Crippen molar-refractivity contribution in [2.45, 2.75) is 63.2 Å². The number of carboxylic acids is 2. The van der Waals surface area contributed by atoms with Gasteiger partial charge in [0.05, 0.1) is 12.6 Å². The van der Waals surface area contributed by atoms with E-state index in [1.807, 2.05) is 5.32 Å². The Hall–Kier alpha value is -2.77. The number of carbonyl (C=O) groups is 5. The molecular weight excluding hydrogens is 402 g/mol. The van der Waals surface area contributed by atoms with E-state index in [-0.39, 0.29) is 6.42 Å². The van der Waals surface area contributed by atoms with Crippen LogP contribution in [0.5, 0.6) is 0 Å². The third-order valence-electron chi connectivity index (χ3n) is 4.14. The summed E-state index contributed by atoms with van der Waals surface area (Å²) < 4.78 is 0. The maximum atomic E-state index is 12.3. The van der Waals surface area contributed by atoms with Crippen molar-refractivity contribution in [3.8, 4) is 0 Å². The number of carbonyl (C=O) groups excluding carboxylic acids is 3. The molecule has 0 heterocycles. The number of aliphatic hydroxyl groups excluding tert-OH is 1. The molecule has 0 aliphatic heterocycles. The van der Waals surface area contributed by atoms with Crippen LogP contribution in [0.2, 0.25) is 0 Å². The van der Waals surface area contributed by atoms with Crippen molar-refractivity contribution in [3.05, 3.63) is 0 Å². The lowest BCUT2D eigenvalue weighted by atomic mass is 10.1.